The Morgan fingerprint density at radius 3 is 3.08 bits per heavy atom. The number of hydrogen-bond acceptors (Lipinski definition) is 2. The van der Waals surface area contributed by atoms with Crippen molar-refractivity contribution >= 4 is 17.5 Å². The lowest BCUT2D eigenvalue weighted by molar-refractivity contribution is 0.332. The molecule has 0 radical (unpaired) electrons. The largest absolute Gasteiger partial charge is 0.488 e. The Morgan fingerprint density at radius 1 is 1.46 bits per heavy atom. The van der Waals surface area contributed by atoms with E-state index in [-0.39, 0.29) is 0 Å². The molecule has 3 heteroatoms. The van der Waals surface area contributed by atoms with Crippen LogP contribution >= 0.6 is 11.6 Å². The third-order valence-corrected chi connectivity index (χ3v) is 2.21. The van der Waals surface area contributed by atoms with E-state index in [2.05, 4.69) is 0 Å². The Bertz CT molecular complexity index is 392. The first kappa shape index (κ1) is 8.36. The standard InChI is InChI=1S/C10H7ClO2/c11-9-1-2-10-8(4-9)3-7(5-12)6-13-10/h1-2,4H,3,6H2. The normalized spacial score (nSPS) is 14.4. The molecule has 0 fully saturated rings. The highest BCUT2D eigenvalue weighted by Gasteiger charge is 2.14. The minimum atomic E-state index is 0.345. The van der Waals surface area contributed by atoms with Crippen molar-refractivity contribution in [3.05, 3.63) is 34.4 Å². The molecule has 0 unspecified atom stereocenters. The second-order valence-electron chi connectivity index (χ2n) is 2.92. The van der Waals surface area contributed by atoms with Gasteiger partial charge in [-0.3, -0.25) is 0 Å². The van der Waals surface area contributed by atoms with E-state index in [0.29, 0.717) is 23.6 Å². The third kappa shape index (κ3) is 1.59. The molecule has 0 bridgehead atoms. The fraction of sp³-hybridized carbons (Fsp3) is 0.200. The molecule has 1 aromatic carbocycles. The van der Waals surface area contributed by atoms with Gasteiger partial charge in [0.15, 0.2) is 0 Å². The Morgan fingerprint density at radius 2 is 2.31 bits per heavy atom. The summed E-state index contributed by atoms with van der Waals surface area (Å²) in [5, 5.41) is 0.662. The number of carbonyl (C=O) groups excluding carboxylic acids is 1. The van der Waals surface area contributed by atoms with Crippen LogP contribution in [0.25, 0.3) is 0 Å². The summed E-state index contributed by atoms with van der Waals surface area (Å²) in [4.78, 5) is 10.4. The summed E-state index contributed by atoms with van der Waals surface area (Å²) < 4.78 is 5.32. The molecule has 0 aromatic heterocycles. The van der Waals surface area contributed by atoms with Crippen molar-refractivity contribution in [2.45, 2.75) is 6.42 Å². The molecule has 2 rings (SSSR count). The number of halogens is 1. The molecular formula is C10H7ClO2. The molecule has 0 aliphatic carbocycles. The number of rotatable bonds is 0. The lowest BCUT2D eigenvalue weighted by Crippen LogP contribution is -2.12. The zero-order chi connectivity index (χ0) is 9.26. The number of ether oxygens (including phenoxy) is 1. The summed E-state index contributed by atoms with van der Waals surface area (Å²) in [7, 11) is 0. The predicted octanol–water partition coefficient (Wildman–Crippen LogP) is 2.03. The smallest absolute Gasteiger partial charge is 0.127 e. The summed E-state index contributed by atoms with van der Waals surface area (Å²) >= 11 is 5.80. The average molecular weight is 195 g/mol. The van der Waals surface area contributed by atoms with E-state index in [9.17, 15) is 4.79 Å². The first-order chi connectivity index (χ1) is 6.29. The highest BCUT2D eigenvalue weighted by Crippen LogP contribution is 2.28. The van der Waals surface area contributed by atoms with Crippen molar-refractivity contribution in [1.29, 1.82) is 0 Å². The van der Waals surface area contributed by atoms with Crippen molar-refractivity contribution in [3.63, 3.8) is 0 Å². The van der Waals surface area contributed by atoms with Crippen LogP contribution in [-0.4, -0.2) is 12.5 Å². The lowest BCUT2D eigenvalue weighted by atomic mass is 10.0. The van der Waals surface area contributed by atoms with E-state index >= 15 is 0 Å². The molecule has 0 atom stereocenters. The first-order valence-electron chi connectivity index (χ1n) is 3.93. The van der Waals surface area contributed by atoms with Crippen molar-refractivity contribution in [2.24, 2.45) is 0 Å². The minimum absolute atomic E-state index is 0.345. The van der Waals surface area contributed by atoms with Crippen LogP contribution in [-0.2, 0) is 11.2 Å². The van der Waals surface area contributed by atoms with Gasteiger partial charge in [-0.05, 0) is 18.2 Å². The molecule has 0 saturated carbocycles. The van der Waals surface area contributed by atoms with Gasteiger partial charge in [0, 0.05) is 17.0 Å². The first-order valence-corrected chi connectivity index (χ1v) is 4.31. The zero-order valence-corrected chi connectivity index (χ0v) is 7.60. The Labute approximate surface area is 80.8 Å². The Balaban J connectivity index is 2.43. The number of fused-ring (bicyclic) bond motifs is 1. The molecule has 0 saturated heterocycles. The van der Waals surface area contributed by atoms with Crippen LogP contribution in [0.1, 0.15) is 5.56 Å². The second-order valence-corrected chi connectivity index (χ2v) is 3.36. The van der Waals surface area contributed by atoms with E-state index in [1.165, 1.54) is 0 Å². The molecule has 2 nitrogen and oxygen atoms in total. The van der Waals surface area contributed by atoms with E-state index in [1.807, 2.05) is 18.1 Å². The maximum absolute atomic E-state index is 10.4. The van der Waals surface area contributed by atoms with Crippen LogP contribution in [0.3, 0.4) is 0 Å². The van der Waals surface area contributed by atoms with E-state index in [0.717, 1.165) is 11.3 Å². The van der Waals surface area contributed by atoms with E-state index < -0.39 is 0 Å². The summed E-state index contributed by atoms with van der Waals surface area (Å²) in [6.07, 6.45) is 0.597. The maximum Gasteiger partial charge on any atom is 0.127 e. The molecule has 0 amide bonds. The van der Waals surface area contributed by atoms with Gasteiger partial charge in [-0.1, -0.05) is 11.6 Å². The monoisotopic (exact) mass is 194 g/mol. The van der Waals surface area contributed by atoms with Crippen molar-refractivity contribution in [1.82, 2.24) is 0 Å². The van der Waals surface area contributed by atoms with Gasteiger partial charge in [-0.15, -0.1) is 0 Å². The number of hydrogen-bond donors (Lipinski definition) is 0. The fourth-order valence-corrected chi connectivity index (χ4v) is 1.53. The van der Waals surface area contributed by atoms with Crippen molar-refractivity contribution < 1.29 is 9.53 Å². The molecule has 13 heavy (non-hydrogen) atoms. The summed E-state index contributed by atoms with van der Waals surface area (Å²) in [5.74, 6) is 2.67. The van der Waals surface area contributed by atoms with Crippen LogP contribution in [0, 0.1) is 0 Å². The predicted molar refractivity (Wildman–Crippen MR) is 49.9 cm³/mol. The van der Waals surface area contributed by atoms with Gasteiger partial charge in [-0.25, -0.2) is 4.79 Å². The van der Waals surface area contributed by atoms with Crippen LogP contribution in [0.15, 0.2) is 23.8 Å². The van der Waals surface area contributed by atoms with E-state index in [1.54, 1.807) is 6.07 Å². The molecular weight excluding hydrogens is 188 g/mol. The highest BCUT2D eigenvalue weighted by molar-refractivity contribution is 6.30. The van der Waals surface area contributed by atoms with Gasteiger partial charge in [0.1, 0.15) is 18.3 Å². The Hall–Kier alpha value is -1.24. The van der Waals surface area contributed by atoms with Gasteiger partial charge in [0.2, 0.25) is 0 Å². The molecule has 1 aliphatic heterocycles. The van der Waals surface area contributed by atoms with Gasteiger partial charge < -0.3 is 4.74 Å². The van der Waals surface area contributed by atoms with Crippen LogP contribution in [0.4, 0.5) is 0 Å². The third-order valence-electron chi connectivity index (χ3n) is 1.97. The Kier molecular flexibility index (Phi) is 2.09. The second kappa shape index (κ2) is 3.25. The minimum Gasteiger partial charge on any atom is -0.488 e. The quantitative estimate of drug-likeness (QED) is 0.591. The summed E-state index contributed by atoms with van der Waals surface area (Å²) in [6, 6.07) is 5.41. The topological polar surface area (TPSA) is 26.3 Å². The van der Waals surface area contributed by atoms with Crippen molar-refractivity contribution in [2.75, 3.05) is 6.61 Å². The molecule has 1 heterocycles. The lowest BCUT2D eigenvalue weighted by Gasteiger charge is -2.17. The summed E-state index contributed by atoms with van der Waals surface area (Å²) in [6.45, 7) is 0.345. The van der Waals surface area contributed by atoms with Crippen LogP contribution < -0.4 is 4.74 Å². The molecule has 66 valence electrons. The SMILES string of the molecule is O=C=C1COc2ccc(Cl)cc2C1. The molecule has 1 aromatic rings. The molecule has 0 N–H and O–H groups in total. The molecule has 1 aliphatic rings. The van der Waals surface area contributed by atoms with Gasteiger partial charge in [0.05, 0.1) is 5.57 Å². The highest BCUT2D eigenvalue weighted by atomic mass is 35.5. The van der Waals surface area contributed by atoms with Gasteiger partial charge in [-0.2, -0.15) is 0 Å². The number of benzene rings is 1. The van der Waals surface area contributed by atoms with Crippen LogP contribution in [0.5, 0.6) is 5.75 Å². The van der Waals surface area contributed by atoms with Crippen molar-refractivity contribution in [3.8, 4) is 5.75 Å². The van der Waals surface area contributed by atoms with Gasteiger partial charge >= 0.3 is 0 Å². The average Bonchev–Trinajstić information content (AvgIpc) is 2.16. The molecule has 0 spiro atoms. The summed E-state index contributed by atoms with van der Waals surface area (Å²) in [5.41, 5.74) is 1.59. The van der Waals surface area contributed by atoms with Gasteiger partial charge in [0.25, 0.3) is 0 Å². The zero-order valence-electron chi connectivity index (χ0n) is 6.84. The fourth-order valence-electron chi connectivity index (χ4n) is 1.34. The van der Waals surface area contributed by atoms with Crippen LogP contribution in [0.2, 0.25) is 5.02 Å². The maximum atomic E-state index is 10.4. The van der Waals surface area contributed by atoms with E-state index in [4.69, 9.17) is 16.3 Å².